The lowest BCUT2D eigenvalue weighted by atomic mass is 10.2. The Morgan fingerprint density at radius 3 is 2.67 bits per heavy atom. The highest BCUT2D eigenvalue weighted by Gasteiger charge is 2.07. The number of hydrogen-bond acceptors (Lipinski definition) is 3. The topological polar surface area (TPSA) is 64.4 Å². The Morgan fingerprint density at radius 2 is 2.00 bits per heavy atom. The molecular formula is C16H17ClN2O2. The molecule has 21 heavy (non-hydrogen) atoms. The van der Waals surface area contributed by atoms with Gasteiger partial charge in [0, 0.05) is 16.8 Å². The summed E-state index contributed by atoms with van der Waals surface area (Å²) in [6.07, 6.45) is 0. The van der Waals surface area contributed by atoms with E-state index >= 15 is 0 Å². The Bertz CT molecular complexity index is 612. The molecule has 0 saturated heterocycles. The number of benzene rings is 2. The summed E-state index contributed by atoms with van der Waals surface area (Å²) in [7, 11) is 0. The minimum atomic E-state index is -0.552. The van der Waals surface area contributed by atoms with Gasteiger partial charge >= 0.3 is 0 Å². The van der Waals surface area contributed by atoms with Crippen LogP contribution >= 0.6 is 11.6 Å². The number of anilines is 1. The molecule has 4 nitrogen and oxygen atoms in total. The number of nitrogens with one attached hydrogen (secondary N) is 1. The molecule has 2 rings (SSSR count). The lowest BCUT2D eigenvalue weighted by Crippen LogP contribution is -2.32. The van der Waals surface area contributed by atoms with Crippen LogP contribution in [-0.4, -0.2) is 11.9 Å². The fourth-order valence-corrected chi connectivity index (χ4v) is 1.79. The number of ether oxygens (including phenoxy) is 1. The van der Waals surface area contributed by atoms with Gasteiger partial charge in [0.25, 0.3) is 0 Å². The highest BCUT2D eigenvalue weighted by molar-refractivity contribution is 6.30. The van der Waals surface area contributed by atoms with Crippen molar-refractivity contribution in [2.75, 3.05) is 5.32 Å². The van der Waals surface area contributed by atoms with Crippen LogP contribution in [0, 0.1) is 0 Å². The van der Waals surface area contributed by atoms with Crippen LogP contribution in [0.4, 0.5) is 5.69 Å². The summed E-state index contributed by atoms with van der Waals surface area (Å²) in [5, 5.41) is 3.42. The molecule has 0 aromatic heterocycles. The Morgan fingerprint density at radius 1 is 1.29 bits per heavy atom. The van der Waals surface area contributed by atoms with E-state index in [2.05, 4.69) is 5.32 Å². The van der Waals surface area contributed by atoms with E-state index in [1.807, 2.05) is 36.4 Å². The second-order valence-corrected chi connectivity index (χ2v) is 5.16. The van der Waals surface area contributed by atoms with Gasteiger partial charge in [-0.2, -0.15) is 0 Å². The molecule has 0 fully saturated rings. The van der Waals surface area contributed by atoms with Crippen LogP contribution in [0.3, 0.4) is 0 Å². The van der Waals surface area contributed by atoms with Gasteiger partial charge in [-0.3, -0.25) is 4.79 Å². The molecule has 1 atom stereocenters. The van der Waals surface area contributed by atoms with Crippen molar-refractivity contribution in [3.8, 4) is 5.75 Å². The van der Waals surface area contributed by atoms with E-state index in [4.69, 9.17) is 22.1 Å². The maximum Gasteiger partial charge on any atom is 0.241 e. The summed E-state index contributed by atoms with van der Waals surface area (Å²) in [6, 6.07) is 14.1. The van der Waals surface area contributed by atoms with Crippen LogP contribution in [0.5, 0.6) is 5.75 Å². The fraction of sp³-hybridized carbons (Fsp3) is 0.188. The normalized spacial score (nSPS) is 11.8. The number of nitrogens with two attached hydrogens (primary N) is 1. The first kappa shape index (κ1) is 15.4. The molecule has 0 unspecified atom stereocenters. The van der Waals surface area contributed by atoms with Crippen LogP contribution in [0.1, 0.15) is 12.5 Å². The number of amides is 1. The molecule has 0 spiro atoms. The van der Waals surface area contributed by atoms with Crippen LogP contribution in [0.15, 0.2) is 48.5 Å². The van der Waals surface area contributed by atoms with Crippen molar-refractivity contribution in [1.29, 1.82) is 0 Å². The molecule has 0 bridgehead atoms. The quantitative estimate of drug-likeness (QED) is 0.891. The minimum Gasteiger partial charge on any atom is -0.489 e. The first-order chi connectivity index (χ1) is 10.0. The van der Waals surface area contributed by atoms with Gasteiger partial charge in [0.05, 0.1) is 6.04 Å². The summed E-state index contributed by atoms with van der Waals surface area (Å²) < 4.78 is 5.69. The molecule has 2 aromatic rings. The molecule has 1 amide bonds. The average Bonchev–Trinajstić information content (AvgIpc) is 2.47. The van der Waals surface area contributed by atoms with E-state index in [-0.39, 0.29) is 5.91 Å². The minimum absolute atomic E-state index is 0.232. The lowest BCUT2D eigenvalue weighted by molar-refractivity contribution is -0.117. The first-order valence-corrected chi connectivity index (χ1v) is 6.96. The SMILES string of the molecule is C[C@H](N)C(=O)Nc1cccc(OCc2ccc(Cl)cc2)c1. The van der Waals surface area contributed by atoms with Crippen molar-refractivity contribution in [3.63, 3.8) is 0 Å². The molecule has 0 aliphatic carbocycles. The van der Waals surface area contributed by atoms with Gasteiger partial charge in [-0.25, -0.2) is 0 Å². The summed E-state index contributed by atoms with van der Waals surface area (Å²) >= 11 is 5.83. The Labute approximate surface area is 128 Å². The van der Waals surface area contributed by atoms with Gasteiger partial charge in [-0.05, 0) is 36.8 Å². The maximum atomic E-state index is 11.5. The summed E-state index contributed by atoms with van der Waals surface area (Å²) in [4.78, 5) is 11.5. The average molecular weight is 305 g/mol. The molecule has 0 heterocycles. The Balaban J connectivity index is 1.97. The molecule has 110 valence electrons. The highest BCUT2D eigenvalue weighted by atomic mass is 35.5. The molecule has 2 aromatic carbocycles. The zero-order valence-corrected chi connectivity index (χ0v) is 12.4. The smallest absolute Gasteiger partial charge is 0.241 e. The van der Waals surface area contributed by atoms with E-state index in [1.165, 1.54) is 0 Å². The second kappa shape index (κ2) is 7.11. The fourth-order valence-electron chi connectivity index (χ4n) is 1.67. The van der Waals surface area contributed by atoms with E-state index < -0.39 is 6.04 Å². The Kier molecular flexibility index (Phi) is 5.20. The zero-order valence-electron chi connectivity index (χ0n) is 11.7. The van der Waals surface area contributed by atoms with E-state index in [0.29, 0.717) is 23.1 Å². The zero-order chi connectivity index (χ0) is 15.2. The van der Waals surface area contributed by atoms with Crippen molar-refractivity contribution >= 4 is 23.2 Å². The molecule has 5 heteroatoms. The monoisotopic (exact) mass is 304 g/mol. The Hall–Kier alpha value is -2.04. The third-order valence-corrected chi connectivity index (χ3v) is 3.09. The third kappa shape index (κ3) is 4.77. The summed E-state index contributed by atoms with van der Waals surface area (Å²) in [6.45, 7) is 2.07. The number of halogens is 1. The molecule has 0 aliphatic rings. The molecule has 0 saturated carbocycles. The summed E-state index contributed by atoms with van der Waals surface area (Å²) in [5.74, 6) is 0.442. The van der Waals surface area contributed by atoms with Crippen molar-refractivity contribution in [2.24, 2.45) is 5.73 Å². The van der Waals surface area contributed by atoms with Crippen molar-refractivity contribution < 1.29 is 9.53 Å². The molecule has 0 radical (unpaired) electrons. The van der Waals surface area contributed by atoms with Crippen LogP contribution in [0.25, 0.3) is 0 Å². The highest BCUT2D eigenvalue weighted by Crippen LogP contribution is 2.19. The van der Waals surface area contributed by atoms with Crippen molar-refractivity contribution in [2.45, 2.75) is 19.6 Å². The van der Waals surface area contributed by atoms with E-state index in [1.54, 1.807) is 19.1 Å². The number of hydrogen-bond donors (Lipinski definition) is 2. The largest absolute Gasteiger partial charge is 0.489 e. The third-order valence-electron chi connectivity index (χ3n) is 2.83. The lowest BCUT2D eigenvalue weighted by Gasteiger charge is -2.10. The van der Waals surface area contributed by atoms with Crippen molar-refractivity contribution in [1.82, 2.24) is 0 Å². The van der Waals surface area contributed by atoms with Crippen molar-refractivity contribution in [3.05, 3.63) is 59.1 Å². The molecular weight excluding hydrogens is 288 g/mol. The number of rotatable bonds is 5. The van der Waals surface area contributed by atoms with Gasteiger partial charge in [-0.1, -0.05) is 29.8 Å². The second-order valence-electron chi connectivity index (χ2n) is 4.72. The number of carbonyl (C=O) groups is 1. The molecule has 3 N–H and O–H groups in total. The summed E-state index contributed by atoms with van der Waals surface area (Å²) in [5.41, 5.74) is 7.19. The van der Waals surface area contributed by atoms with Gasteiger partial charge in [0.1, 0.15) is 12.4 Å². The van der Waals surface area contributed by atoms with Crippen LogP contribution in [-0.2, 0) is 11.4 Å². The predicted octanol–water partition coefficient (Wildman–Crippen LogP) is 3.20. The van der Waals surface area contributed by atoms with Gasteiger partial charge in [-0.15, -0.1) is 0 Å². The van der Waals surface area contributed by atoms with Crippen LogP contribution in [0.2, 0.25) is 5.02 Å². The first-order valence-electron chi connectivity index (χ1n) is 6.58. The van der Waals surface area contributed by atoms with Gasteiger partial charge in [0.15, 0.2) is 0 Å². The van der Waals surface area contributed by atoms with Gasteiger partial charge in [0.2, 0.25) is 5.91 Å². The van der Waals surface area contributed by atoms with E-state index in [9.17, 15) is 4.79 Å². The van der Waals surface area contributed by atoms with E-state index in [0.717, 1.165) is 5.56 Å². The van der Waals surface area contributed by atoms with Gasteiger partial charge < -0.3 is 15.8 Å². The predicted molar refractivity (Wildman–Crippen MR) is 84.5 cm³/mol. The number of carbonyl (C=O) groups excluding carboxylic acids is 1. The molecule has 0 aliphatic heterocycles. The van der Waals surface area contributed by atoms with Crippen LogP contribution < -0.4 is 15.8 Å². The maximum absolute atomic E-state index is 11.5. The standard InChI is InChI=1S/C16H17ClN2O2/c1-11(18)16(20)19-14-3-2-4-15(9-14)21-10-12-5-7-13(17)8-6-12/h2-9,11H,10,18H2,1H3,(H,19,20)/t11-/m0/s1.